The first-order valence-corrected chi connectivity index (χ1v) is 11.6. The zero-order chi connectivity index (χ0) is 24.9. The Morgan fingerprint density at radius 1 is 1.00 bits per heavy atom. The number of alkyl carbamates (subject to hydrolysis) is 1. The van der Waals surface area contributed by atoms with Gasteiger partial charge < -0.3 is 20.5 Å². The lowest BCUT2D eigenvalue weighted by Crippen LogP contribution is -2.31. The van der Waals surface area contributed by atoms with Gasteiger partial charge in [-0.15, -0.1) is 0 Å². The van der Waals surface area contributed by atoms with Crippen LogP contribution < -0.4 is 10.6 Å². The largest absolute Gasteiger partial charge is 0.478 e. The molecule has 1 unspecified atom stereocenters. The highest BCUT2D eigenvalue weighted by Crippen LogP contribution is 2.44. The van der Waals surface area contributed by atoms with Gasteiger partial charge in [0.15, 0.2) is 0 Å². The molecular weight excluding hydrogens is 468 g/mol. The van der Waals surface area contributed by atoms with Crippen LogP contribution in [0.4, 0.5) is 10.5 Å². The number of benzene rings is 3. The Morgan fingerprint density at radius 3 is 2.26 bits per heavy atom. The van der Waals surface area contributed by atoms with Crippen LogP contribution in [0.1, 0.15) is 40.7 Å². The SMILES string of the molecule is CC(CNC(=O)OCC1c2ccccc2-c2ccccc21)CC(=O)Nc1ccc(Cl)cc1C(=O)O. The summed E-state index contributed by atoms with van der Waals surface area (Å²) in [5.74, 6) is -1.78. The first kappa shape index (κ1) is 24.3. The summed E-state index contributed by atoms with van der Waals surface area (Å²) in [6, 6.07) is 20.4. The van der Waals surface area contributed by atoms with E-state index in [1.165, 1.54) is 18.2 Å². The fourth-order valence-corrected chi connectivity index (χ4v) is 4.47. The van der Waals surface area contributed by atoms with E-state index in [1.54, 1.807) is 0 Å². The topological polar surface area (TPSA) is 105 Å². The average Bonchev–Trinajstić information content (AvgIpc) is 3.16. The number of hydrogen-bond acceptors (Lipinski definition) is 4. The molecular formula is C27H25ClN2O5. The second kappa shape index (κ2) is 10.6. The molecule has 1 aliphatic carbocycles. The van der Waals surface area contributed by atoms with Crippen LogP contribution in [0.2, 0.25) is 5.02 Å². The van der Waals surface area contributed by atoms with E-state index in [0.717, 1.165) is 22.3 Å². The molecule has 3 N–H and O–H groups in total. The average molecular weight is 493 g/mol. The van der Waals surface area contributed by atoms with E-state index in [4.69, 9.17) is 16.3 Å². The monoisotopic (exact) mass is 492 g/mol. The van der Waals surface area contributed by atoms with Crippen molar-refractivity contribution < 1.29 is 24.2 Å². The van der Waals surface area contributed by atoms with Crippen LogP contribution in [-0.4, -0.2) is 36.2 Å². The van der Waals surface area contributed by atoms with Gasteiger partial charge in [-0.3, -0.25) is 4.79 Å². The number of carbonyl (C=O) groups excluding carboxylic acids is 2. The van der Waals surface area contributed by atoms with Gasteiger partial charge in [0, 0.05) is 23.9 Å². The van der Waals surface area contributed by atoms with Crippen LogP contribution in [-0.2, 0) is 9.53 Å². The van der Waals surface area contributed by atoms with Crippen LogP contribution in [0, 0.1) is 5.92 Å². The maximum Gasteiger partial charge on any atom is 0.407 e. The van der Waals surface area contributed by atoms with Crippen LogP contribution in [0.5, 0.6) is 0 Å². The van der Waals surface area contributed by atoms with Crippen molar-refractivity contribution in [2.45, 2.75) is 19.3 Å². The molecule has 0 aliphatic heterocycles. The fourth-order valence-electron chi connectivity index (χ4n) is 4.30. The predicted molar refractivity (Wildman–Crippen MR) is 134 cm³/mol. The summed E-state index contributed by atoms with van der Waals surface area (Å²) in [7, 11) is 0. The molecule has 2 amide bonds. The van der Waals surface area contributed by atoms with Crippen molar-refractivity contribution in [1.82, 2.24) is 5.32 Å². The van der Waals surface area contributed by atoms with Crippen LogP contribution in [0.25, 0.3) is 11.1 Å². The number of ether oxygens (including phenoxy) is 1. The van der Waals surface area contributed by atoms with Gasteiger partial charge in [0.1, 0.15) is 6.61 Å². The van der Waals surface area contributed by atoms with Crippen molar-refractivity contribution in [1.29, 1.82) is 0 Å². The predicted octanol–water partition coefficient (Wildman–Crippen LogP) is 5.54. The molecule has 0 aromatic heterocycles. The molecule has 0 saturated heterocycles. The first-order valence-electron chi connectivity index (χ1n) is 11.2. The highest BCUT2D eigenvalue weighted by Gasteiger charge is 2.29. The van der Waals surface area contributed by atoms with Crippen LogP contribution in [0.3, 0.4) is 0 Å². The highest BCUT2D eigenvalue weighted by molar-refractivity contribution is 6.31. The minimum absolute atomic E-state index is 0.0286. The van der Waals surface area contributed by atoms with Gasteiger partial charge in [-0.25, -0.2) is 9.59 Å². The van der Waals surface area contributed by atoms with E-state index < -0.39 is 12.1 Å². The fraction of sp³-hybridized carbons (Fsp3) is 0.222. The minimum Gasteiger partial charge on any atom is -0.478 e. The number of halogens is 1. The van der Waals surface area contributed by atoms with Gasteiger partial charge >= 0.3 is 12.1 Å². The number of carbonyl (C=O) groups is 3. The molecule has 0 saturated carbocycles. The number of carboxylic acid groups (broad SMARTS) is 1. The normalized spacial score (nSPS) is 12.9. The van der Waals surface area contributed by atoms with Gasteiger partial charge in [0.25, 0.3) is 0 Å². The lowest BCUT2D eigenvalue weighted by molar-refractivity contribution is -0.116. The Bertz CT molecular complexity index is 1230. The molecule has 0 fully saturated rings. The van der Waals surface area contributed by atoms with Gasteiger partial charge in [-0.1, -0.05) is 67.1 Å². The Hall–Kier alpha value is -3.84. The summed E-state index contributed by atoms with van der Waals surface area (Å²) in [6.07, 6.45) is -0.462. The van der Waals surface area contributed by atoms with Gasteiger partial charge in [-0.2, -0.15) is 0 Å². The first-order chi connectivity index (χ1) is 16.8. The van der Waals surface area contributed by atoms with Crippen molar-refractivity contribution >= 4 is 35.3 Å². The number of nitrogens with one attached hydrogen (secondary N) is 2. The lowest BCUT2D eigenvalue weighted by Gasteiger charge is -2.16. The summed E-state index contributed by atoms with van der Waals surface area (Å²) < 4.78 is 5.52. The van der Waals surface area contributed by atoms with E-state index in [2.05, 4.69) is 34.9 Å². The van der Waals surface area contributed by atoms with Crippen molar-refractivity contribution in [2.75, 3.05) is 18.5 Å². The maximum atomic E-state index is 12.4. The molecule has 8 heteroatoms. The molecule has 180 valence electrons. The summed E-state index contributed by atoms with van der Waals surface area (Å²) in [5, 5.41) is 14.9. The van der Waals surface area contributed by atoms with Crippen LogP contribution >= 0.6 is 11.6 Å². The van der Waals surface area contributed by atoms with E-state index in [9.17, 15) is 19.5 Å². The standard InChI is InChI=1S/C27H25ClN2O5/c1-16(12-25(31)30-24-11-10-17(28)13-22(24)26(32)33)14-29-27(34)35-15-23-20-8-4-2-6-18(20)19-7-3-5-9-21(19)23/h2-11,13,16,23H,12,14-15H2,1H3,(H,29,34)(H,30,31)(H,32,33). The number of hydrogen-bond donors (Lipinski definition) is 3. The second-order valence-electron chi connectivity index (χ2n) is 8.56. The van der Waals surface area contributed by atoms with Crippen LogP contribution in [0.15, 0.2) is 66.7 Å². The molecule has 1 atom stereocenters. The molecule has 0 spiro atoms. The summed E-state index contributed by atoms with van der Waals surface area (Å²) >= 11 is 5.84. The minimum atomic E-state index is -1.19. The quantitative estimate of drug-likeness (QED) is 0.383. The Kier molecular flexibility index (Phi) is 7.36. The molecule has 7 nitrogen and oxygen atoms in total. The zero-order valence-corrected chi connectivity index (χ0v) is 19.8. The summed E-state index contributed by atoms with van der Waals surface area (Å²) in [6.45, 7) is 2.25. The third-order valence-electron chi connectivity index (χ3n) is 5.96. The smallest absolute Gasteiger partial charge is 0.407 e. The van der Waals surface area contributed by atoms with E-state index in [0.29, 0.717) is 0 Å². The summed E-state index contributed by atoms with van der Waals surface area (Å²) in [4.78, 5) is 36.1. The molecule has 0 bridgehead atoms. The second-order valence-corrected chi connectivity index (χ2v) is 9.00. The van der Waals surface area contributed by atoms with Crippen molar-refractivity contribution in [2.24, 2.45) is 5.92 Å². The van der Waals surface area contributed by atoms with Gasteiger partial charge in [-0.05, 0) is 46.4 Å². The number of carboxylic acids is 1. The Balaban J connectivity index is 1.27. The molecule has 0 heterocycles. The molecule has 1 aliphatic rings. The number of rotatable bonds is 8. The zero-order valence-electron chi connectivity index (χ0n) is 19.1. The maximum absolute atomic E-state index is 12.4. The molecule has 35 heavy (non-hydrogen) atoms. The van der Waals surface area contributed by atoms with E-state index in [1.807, 2.05) is 31.2 Å². The van der Waals surface area contributed by atoms with Gasteiger partial charge in [0.05, 0.1) is 11.3 Å². The highest BCUT2D eigenvalue weighted by atomic mass is 35.5. The molecule has 0 radical (unpaired) electrons. The molecule has 4 rings (SSSR count). The summed E-state index contributed by atoms with van der Waals surface area (Å²) in [5.41, 5.74) is 4.66. The van der Waals surface area contributed by atoms with Crippen molar-refractivity contribution in [3.05, 3.63) is 88.4 Å². The van der Waals surface area contributed by atoms with Gasteiger partial charge in [0.2, 0.25) is 5.91 Å². The lowest BCUT2D eigenvalue weighted by atomic mass is 9.98. The van der Waals surface area contributed by atoms with E-state index >= 15 is 0 Å². The Morgan fingerprint density at radius 2 is 1.63 bits per heavy atom. The third kappa shape index (κ3) is 5.63. The third-order valence-corrected chi connectivity index (χ3v) is 6.19. The number of aromatic carboxylic acids is 1. The van der Waals surface area contributed by atoms with Crippen molar-refractivity contribution in [3.8, 4) is 11.1 Å². The van der Waals surface area contributed by atoms with Crippen molar-refractivity contribution in [3.63, 3.8) is 0 Å². The Labute approximate surface area is 208 Å². The molecule has 3 aromatic rings. The number of amides is 2. The number of fused-ring (bicyclic) bond motifs is 3. The molecule has 3 aromatic carbocycles. The number of anilines is 1. The van der Waals surface area contributed by atoms with E-state index in [-0.39, 0.29) is 53.6 Å².